The van der Waals surface area contributed by atoms with Crippen molar-refractivity contribution >= 4 is 28.7 Å². The second kappa shape index (κ2) is 5.98. The molecule has 1 unspecified atom stereocenters. The third-order valence-corrected chi connectivity index (χ3v) is 4.69. The number of thiophene rings is 1. The molecule has 0 aliphatic carbocycles. The lowest BCUT2D eigenvalue weighted by Gasteiger charge is -2.32. The van der Waals surface area contributed by atoms with Gasteiger partial charge < -0.3 is 4.90 Å². The average molecular weight is 272 g/mol. The summed E-state index contributed by atoms with van der Waals surface area (Å²) >= 11 is 7.21. The first kappa shape index (κ1) is 13.1. The lowest BCUT2D eigenvalue weighted by atomic mass is 10.0. The Morgan fingerprint density at radius 3 is 3.00 bits per heavy atom. The van der Waals surface area contributed by atoms with Gasteiger partial charge in [-0.3, -0.25) is 4.79 Å². The summed E-state index contributed by atoms with van der Waals surface area (Å²) in [5.41, 5.74) is 0. The number of carbonyl (C=O) groups is 1. The molecule has 0 amide bonds. The Kier molecular flexibility index (Phi) is 4.60. The molecule has 4 heteroatoms. The van der Waals surface area contributed by atoms with E-state index in [1.807, 2.05) is 6.07 Å². The van der Waals surface area contributed by atoms with Gasteiger partial charge in [-0.15, -0.1) is 11.3 Å². The van der Waals surface area contributed by atoms with Gasteiger partial charge in [0.05, 0.1) is 9.21 Å². The number of hydrogen-bond acceptors (Lipinski definition) is 3. The molecule has 1 aliphatic rings. The summed E-state index contributed by atoms with van der Waals surface area (Å²) in [6.07, 6.45) is 4.47. The SMILES string of the molecule is CC1CCCCN1CCC(=O)c1ccc(Cl)s1. The Labute approximate surface area is 112 Å². The highest BCUT2D eigenvalue weighted by atomic mass is 35.5. The molecule has 0 bridgehead atoms. The van der Waals surface area contributed by atoms with Crippen LogP contribution in [-0.2, 0) is 0 Å². The highest BCUT2D eigenvalue weighted by Gasteiger charge is 2.19. The Morgan fingerprint density at radius 2 is 2.35 bits per heavy atom. The number of carbonyl (C=O) groups excluding carboxylic acids is 1. The van der Waals surface area contributed by atoms with E-state index >= 15 is 0 Å². The molecule has 17 heavy (non-hydrogen) atoms. The number of Topliss-reactive ketones (excluding diaryl/α,β-unsaturated/α-hetero) is 1. The molecule has 2 heterocycles. The first-order chi connectivity index (χ1) is 8.16. The van der Waals surface area contributed by atoms with E-state index < -0.39 is 0 Å². The van der Waals surface area contributed by atoms with E-state index in [0.717, 1.165) is 18.0 Å². The molecule has 1 fully saturated rings. The van der Waals surface area contributed by atoms with Crippen LogP contribution >= 0.6 is 22.9 Å². The van der Waals surface area contributed by atoms with Gasteiger partial charge in [-0.2, -0.15) is 0 Å². The minimum absolute atomic E-state index is 0.222. The van der Waals surface area contributed by atoms with E-state index in [9.17, 15) is 4.79 Å². The lowest BCUT2D eigenvalue weighted by molar-refractivity contribution is 0.0939. The van der Waals surface area contributed by atoms with Gasteiger partial charge in [0.25, 0.3) is 0 Å². The fourth-order valence-corrected chi connectivity index (χ4v) is 3.33. The molecule has 1 aromatic heterocycles. The number of hydrogen-bond donors (Lipinski definition) is 0. The Balaban J connectivity index is 1.83. The van der Waals surface area contributed by atoms with Crippen molar-refractivity contribution in [2.45, 2.75) is 38.6 Å². The van der Waals surface area contributed by atoms with Gasteiger partial charge in [0.15, 0.2) is 5.78 Å². The van der Waals surface area contributed by atoms with Crippen LogP contribution in [0.4, 0.5) is 0 Å². The van der Waals surface area contributed by atoms with Crippen LogP contribution in [0, 0.1) is 0 Å². The normalized spacial score (nSPS) is 21.6. The van der Waals surface area contributed by atoms with Crippen molar-refractivity contribution in [3.63, 3.8) is 0 Å². The van der Waals surface area contributed by atoms with Crippen LogP contribution in [0.2, 0.25) is 4.34 Å². The first-order valence-corrected chi connectivity index (χ1v) is 7.39. The number of nitrogens with zero attached hydrogens (tertiary/aromatic N) is 1. The van der Waals surface area contributed by atoms with Gasteiger partial charge in [0, 0.05) is 19.0 Å². The number of ketones is 1. The fourth-order valence-electron chi connectivity index (χ4n) is 2.32. The fraction of sp³-hybridized carbons (Fsp3) is 0.615. The van der Waals surface area contributed by atoms with E-state index in [4.69, 9.17) is 11.6 Å². The zero-order chi connectivity index (χ0) is 12.3. The Bertz CT molecular complexity index is 391. The quantitative estimate of drug-likeness (QED) is 0.776. The van der Waals surface area contributed by atoms with Gasteiger partial charge in [0.2, 0.25) is 0 Å². The maximum Gasteiger partial charge on any atom is 0.174 e. The summed E-state index contributed by atoms with van der Waals surface area (Å²) in [6.45, 7) is 4.28. The predicted molar refractivity (Wildman–Crippen MR) is 73.2 cm³/mol. The molecule has 0 aromatic carbocycles. The van der Waals surface area contributed by atoms with Crippen LogP contribution < -0.4 is 0 Å². The summed E-state index contributed by atoms with van der Waals surface area (Å²) in [7, 11) is 0. The first-order valence-electron chi connectivity index (χ1n) is 6.19. The van der Waals surface area contributed by atoms with Crippen molar-refractivity contribution in [3.05, 3.63) is 21.3 Å². The van der Waals surface area contributed by atoms with E-state index in [0.29, 0.717) is 16.8 Å². The van der Waals surface area contributed by atoms with Crippen molar-refractivity contribution in [1.29, 1.82) is 0 Å². The molecular formula is C13H18ClNOS. The zero-order valence-corrected chi connectivity index (χ0v) is 11.7. The molecule has 2 rings (SSSR count). The van der Waals surface area contributed by atoms with Crippen LogP contribution in [0.25, 0.3) is 0 Å². The van der Waals surface area contributed by atoms with E-state index in [1.165, 1.54) is 30.6 Å². The van der Waals surface area contributed by atoms with Gasteiger partial charge >= 0.3 is 0 Å². The van der Waals surface area contributed by atoms with Crippen LogP contribution in [0.5, 0.6) is 0 Å². The van der Waals surface area contributed by atoms with Crippen molar-refractivity contribution in [2.75, 3.05) is 13.1 Å². The molecule has 1 atom stereocenters. The van der Waals surface area contributed by atoms with Gasteiger partial charge in [0.1, 0.15) is 0 Å². The molecule has 0 saturated carbocycles. The summed E-state index contributed by atoms with van der Waals surface area (Å²) < 4.78 is 0.694. The molecule has 1 aromatic rings. The molecule has 0 radical (unpaired) electrons. The third kappa shape index (κ3) is 3.54. The van der Waals surface area contributed by atoms with Gasteiger partial charge in [-0.25, -0.2) is 0 Å². The van der Waals surface area contributed by atoms with E-state index in [2.05, 4.69) is 11.8 Å². The largest absolute Gasteiger partial charge is 0.300 e. The molecule has 2 nitrogen and oxygen atoms in total. The number of likely N-dealkylation sites (tertiary alicyclic amines) is 1. The molecule has 1 saturated heterocycles. The standard InChI is InChI=1S/C13H18ClNOS/c1-10-4-2-3-8-15(10)9-7-11(16)12-5-6-13(14)17-12/h5-6,10H,2-4,7-9H2,1H3. The maximum absolute atomic E-state index is 11.9. The van der Waals surface area contributed by atoms with Crippen molar-refractivity contribution < 1.29 is 4.79 Å². The average Bonchev–Trinajstić information content (AvgIpc) is 2.74. The van der Waals surface area contributed by atoms with Crippen molar-refractivity contribution in [2.24, 2.45) is 0 Å². The van der Waals surface area contributed by atoms with Crippen LogP contribution in [0.1, 0.15) is 42.3 Å². The summed E-state index contributed by atoms with van der Waals surface area (Å²) in [5, 5.41) is 0. The second-order valence-corrected chi connectivity index (χ2v) is 6.37. The minimum atomic E-state index is 0.222. The molecule has 94 valence electrons. The smallest absolute Gasteiger partial charge is 0.174 e. The van der Waals surface area contributed by atoms with Gasteiger partial charge in [-0.05, 0) is 38.4 Å². The van der Waals surface area contributed by atoms with Crippen LogP contribution in [0.15, 0.2) is 12.1 Å². The molecule has 0 spiro atoms. The van der Waals surface area contributed by atoms with E-state index in [1.54, 1.807) is 6.07 Å². The molecule has 0 N–H and O–H groups in total. The third-order valence-electron chi connectivity index (χ3n) is 3.41. The monoisotopic (exact) mass is 271 g/mol. The maximum atomic E-state index is 11.9. The van der Waals surface area contributed by atoms with Crippen molar-refractivity contribution in [3.8, 4) is 0 Å². The topological polar surface area (TPSA) is 20.3 Å². The minimum Gasteiger partial charge on any atom is -0.300 e. The van der Waals surface area contributed by atoms with Gasteiger partial charge in [-0.1, -0.05) is 18.0 Å². The summed E-state index contributed by atoms with van der Waals surface area (Å²) in [4.78, 5) is 15.2. The van der Waals surface area contributed by atoms with Crippen molar-refractivity contribution in [1.82, 2.24) is 4.90 Å². The molecular weight excluding hydrogens is 254 g/mol. The Morgan fingerprint density at radius 1 is 1.53 bits per heavy atom. The number of piperidine rings is 1. The molecule has 1 aliphatic heterocycles. The summed E-state index contributed by atoms with van der Waals surface area (Å²) in [6, 6.07) is 4.25. The highest BCUT2D eigenvalue weighted by molar-refractivity contribution is 7.18. The lowest BCUT2D eigenvalue weighted by Crippen LogP contribution is -2.38. The summed E-state index contributed by atoms with van der Waals surface area (Å²) in [5.74, 6) is 0.222. The number of halogens is 1. The zero-order valence-electron chi connectivity index (χ0n) is 10.1. The van der Waals surface area contributed by atoms with Crippen LogP contribution in [0.3, 0.4) is 0 Å². The van der Waals surface area contributed by atoms with Crippen LogP contribution in [-0.4, -0.2) is 29.8 Å². The van der Waals surface area contributed by atoms with E-state index in [-0.39, 0.29) is 5.78 Å². The predicted octanol–water partition coefficient (Wildman–Crippen LogP) is 3.85. The number of rotatable bonds is 4. The Hall–Kier alpha value is -0.380. The second-order valence-electron chi connectivity index (χ2n) is 4.66. The highest BCUT2D eigenvalue weighted by Crippen LogP contribution is 2.23.